The predicted molar refractivity (Wildman–Crippen MR) is 128 cm³/mol. The van der Waals surface area contributed by atoms with Crippen molar-refractivity contribution in [2.75, 3.05) is 6.54 Å². The van der Waals surface area contributed by atoms with E-state index in [0.29, 0.717) is 30.0 Å². The van der Waals surface area contributed by atoms with Crippen molar-refractivity contribution in [3.63, 3.8) is 0 Å². The Morgan fingerprint density at radius 3 is 2.36 bits per heavy atom. The van der Waals surface area contributed by atoms with Crippen LogP contribution in [0.5, 0.6) is 0 Å². The average Bonchev–Trinajstić information content (AvgIpc) is 3.33. The zero-order valence-electron chi connectivity index (χ0n) is 18.7. The number of nitrogens with zero attached hydrogens (tertiary/aromatic N) is 2. The number of rotatable bonds is 12. The third-order valence-electron chi connectivity index (χ3n) is 4.91. The number of carbonyl (C=O) groups is 3. The van der Waals surface area contributed by atoms with Gasteiger partial charge < -0.3 is 27.8 Å². The number of Topliss-reactive ketones (excluding diaryl/α,β-unsaturated/α-hetero) is 1. The van der Waals surface area contributed by atoms with Gasteiger partial charge in [-0.1, -0.05) is 44.2 Å². The summed E-state index contributed by atoms with van der Waals surface area (Å²) in [4.78, 5) is 46.7. The second-order valence-corrected chi connectivity index (χ2v) is 8.72. The Labute approximate surface area is 197 Å². The number of nitrogens with one attached hydrogen (secondary N) is 2. The molecule has 1 aromatic heterocycles. The number of hydrogen-bond donors (Lipinski definition) is 5. The molecule has 0 saturated heterocycles. The Morgan fingerprint density at radius 2 is 1.79 bits per heavy atom. The van der Waals surface area contributed by atoms with Crippen molar-refractivity contribution in [2.45, 2.75) is 44.8 Å². The van der Waals surface area contributed by atoms with Crippen molar-refractivity contribution in [1.29, 1.82) is 0 Å². The SMILES string of the molecule is CC(C)[C@H](NC(=O)[C@H](N)c1ccccc1)C(=O)N[C@@H](CCCN=C(N)N)C(=O)c1nccs1. The highest BCUT2D eigenvalue weighted by molar-refractivity contribution is 7.11. The number of carbonyl (C=O) groups excluding carboxylic acids is 3. The fraction of sp³-hybridized carbons (Fsp3) is 0.409. The minimum atomic E-state index is -0.924. The van der Waals surface area contributed by atoms with Gasteiger partial charge in [-0.15, -0.1) is 11.3 Å². The van der Waals surface area contributed by atoms with Gasteiger partial charge in [0.2, 0.25) is 17.6 Å². The predicted octanol–water partition coefficient (Wildman–Crippen LogP) is 0.705. The Bertz CT molecular complexity index is 944. The maximum absolute atomic E-state index is 13.1. The highest BCUT2D eigenvalue weighted by Gasteiger charge is 2.31. The molecular formula is C22H31N7O3S. The molecule has 11 heteroatoms. The molecule has 0 aliphatic heterocycles. The average molecular weight is 474 g/mol. The van der Waals surface area contributed by atoms with Gasteiger partial charge in [0.1, 0.15) is 12.1 Å². The number of nitrogens with two attached hydrogens (primary N) is 3. The van der Waals surface area contributed by atoms with Gasteiger partial charge in [0.15, 0.2) is 11.0 Å². The lowest BCUT2D eigenvalue weighted by Gasteiger charge is -2.26. The summed E-state index contributed by atoms with van der Waals surface area (Å²) in [7, 11) is 0. The lowest BCUT2D eigenvalue weighted by atomic mass is 10.00. The topological polar surface area (TPSA) is 179 Å². The third-order valence-corrected chi connectivity index (χ3v) is 5.70. The number of thiazole rings is 1. The molecule has 0 radical (unpaired) electrons. The normalized spacial score (nSPS) is 13.6. The molecule has 8 N–H and O–H groups in total. The Morgan fingerprint density at radius 1 is 1.09 bits per heavy atom. The quantitative estimate of drug-likeness (QED) is 0.130. The first-order chi connectivity index (χ1) is 15.7. The maximum atomic E-state index is 13.1. The van der Waals surface area contributed by atoms with E-state index < -0.39 is 29.9 Å². The Kier molecular flexibility index (Phi) is 9.95. The molecule has 0 aliphatic rings. The lowest BCUT2D eigenvalue weighted by molar-refractivity contribution is -0.131. The Hall–Kier alpha value is -3.31. The molecule has 178 valence electrons. The zero-order chi connectivity index (χ0) is 24.4. The first-order valence-corrected chi connectivity index (χ1v) is 11.5. The number of benzene rings is 1. The first-order valence-electron chi connectivity index (χ1n) is 10.6. The molecule has 0 fully saturated rings. The van der Waals surface area contributed by atoms with Crippen LogP contribution >= 0.6 is 11.3 Å². The van der Waals surface area contributed by atoms with Gasteiger partial charge in [0.25, 0.3) is 0 Å². The molecule has 2 rings (SSSR count). The summed E-state index contributed by atoms with van der Waals surface area (Å²) in [6.07, 6.45) is 2.30. The third kappa shape index (κ3) is 7.95. The zero-order valence-corrected chi connectivity index (χ0v) is 19.5. The van der Waals surface area contributed by atoms with Gasteiger partial charge in [-0.2, -0.15) is 0 Å². The molecule has 2 aromatic rings. The van der Waals surface area contributed by atoms with E-state index in [4.69, 9.17) is 17.2 Å². The van der Waals surface area contributed by atoms with Gasteiger partial charge in [-0.25, -0.2) is 4.98 Å². The summed E-state index contributed by atoms with van der Waals surface area (Å²) < 4.78 is 0. The number of hydrogen-bond acceptors (Lipinski definition) is 7. The molecule has 0 unspecified atom stereocenters. The molecule has 2 amide bonds. The summed E-state index contributed by atoms with van der Waals surface area (Å²) >= 11 is 1.19. The van der Waals surface area contributed by atoms with Crippen LogP contribution in [0.3, 0.4) is 0 Å². The molecular weight excluding hydrogens is 442 g/mol. The van der Waals surface area contributed by atoms with Gasteiger partial charge in [-0.3, -0.25) is 19.4 Å². The molecule has 1 aromatic carbocycles. The molecule has 10 nitrogen and oxygen atoms in total. The second-order valence-electron chi connectivity index (χ2n) is 7.83. The number of aliphatic imine (C=N–C) groups is 1. The standard InChI is InChI=1S/C22H31N7O3S/c1-13(2)17(29-19(31)16(23)14-7-4-3-5-8-14)20(32)28-15(9-6-10-27-22(24)25)18(30)21-26-11-12-33-21/h3-5,7-8,11-13,15-17H,6,9-10,23H2,1-2H3,(H,28,32)(H,29,31)(H4,24,25,27)/t15-,16+,17-/m0/s1. The number of aromatic nitrogens is 1. The molecule has 0 spiro atoms. The molecule has 33 heavy (non-hydrogen) atoms. The van der Waals surface area contributed by atoms with Crippen LogP contribution in [0.2, 0.25) is 0 Å². The van der Waals surface area contributed by atoms with Crippen molar-refractivity contribution >= 4 is 34.9 Å². The van der Waals surface area contributed by atoms with Crippen LogP contribution in [-0.2, 0) is 9.59 Å². The summed E-state index contributed by atoms with van der Waals surface area (Å²) in [6, 6.07) is 6.24. The van der Waals surface area contributed by atoms with Crippen LogP contribution in [0.4, 0.5) is 0 Å². The van der Waals surface area contributed by atoms with E-state index in [9.17, 15) is 14.4 Å². The minimum absolute atomic E-state index is 0.0424. The molecule has 3 atom stereocenters. The van der Waals surface area contributed by atoms with Crippen molar-refractivity contribution in [1.82, 2.24) is 15.6 Å². The minimum Gasteiger partial charge on any atom is -0.370 e. The van der Waals surface area contributed by atoms with Gasteiger partial charge in [0.05, 0.1) is 6.04 Å². The monoisotopic (exact) mass is 473 g/mol. The van der Waals surface area contributed by atoms with E-state index in [1.54, 1.807) is 43.5 Å². The van der Waals surface area contributed by atoms with Crippen LogP contribution in [-0.4, -0.2) is 47.2 Å². The fourth-order valence-corrected chi connectivity index (χ4v) is 3.75. The molecule has 0 aliphatic carbocycles. The maximum Gasteiger partial charge on any atom is 0.243 e. The molecule has 1 heterocycles. The largest absolute Gasteiger partial charge is 0.370 e. The summed E-state index contributed by atoms with van der Waals surface area (Å²) in [6.45, 7) is 3.92. The number of ketones is 1. The van der Waals surface area contributed by atoms with E-state index in [0.717, 1.165) is 0 Å². The second kappa shape index (κ2) is 12.7. The summed E-state index contributed by atoms with van der Waals surface area (Å²) in [5.41, 5.74) is 17.4. The fourth-order valence-electron chi connectivity index (χ4n) is 3.12. The molecule has 0 bridgehead atoms. The summed E-state index contributed by atoms with van der Waals surface area (Å²) in [5.74, 6) is -1.55. The van der Waals surface area contributed by atoms with Crippen LogP contribution in [0.25, 0.3) is 0 Å². The first kappa shape index (κ1) is 25.9. The van der Waals surface area contributed by atoms with Crippen molar-refractivity contribution in [3.8, 4) is 0 Å². The van der Waals surface area contributed by atoms with Crippen LogP contribution < -0.4 is 27.8 Å². The van der Waals surface area contributed by atoms with E-state index in [1.165, 1.54) is 17.5 Å². The van der Waals surface area contributed by atoms with Gasteiger partial charge in [0, 0.05) is 18.1 Å². The van der Waals surface area contributed by atoms with Crippen molar-refractivity contribution in [2.24, 2.45) is 28.1 Å². The Balaban J connectivity index is 2.11. The highest BCUT2D eigenvalue weighted by Crippen LogP contribution is 2.14. The van der Waals surface area contributed by atoms with Crippen LogP contribution in [0.15, 0.2) is 46.9 Å². The van der Waals surface area contributed by atoms with E-state index in [1.807, 2.05) is 6.07 Å². The summed E-state index contributed by atoms with van der Waals surface area (Å²) in [5, 5.41) is 7.47. The van der Waals surface area contributed by atoms with Crippen molar-refractivity contribution < 1.29 is 14.4 Å². The smallest absolute Gasteiger partial charge is 0.243 e. The highest BCUT2D eigenvalue weighted by atomic mass is 32.1. The van der Waals surface area contributed by atoms with Crippen molar-refractivity contribution in [3.05, 3.63) is 52.5 Å². The van der Waals surface area contributed by atoms with Crippen LogP contribution in [0, 0.1) is 5.92 Å². The lowest BCUT2D eigenvalue weighted by Crippen LogP contribution is -2.55. The number of amides is 2. The van der Waals surface area contributed by atoms with E-state index >= 15 is 0 Å². The van der Waals surface area contributed by atoms with Crippen LogP contribution in [0.1, 0.15) is 48.1 Å². The van der Waals surface area contributed by atoms with Gasteiger partial charge >= 0.3 is 0 Å². The van der Waals surface area contributed by atoms with E-state index in [-0.39, 0.29) is 17.7 Å². The number of guanidine groups is 1. The molecule has 0 saturated carbocycles. The van der Waals surface area contributed by atoms with Gasteiger partial charge in [-0.05, 0) is 24.3 Å². The van der Waals surface area contributed by atoms with E-state index in [2.05, 4.69) is 20.6 Å².